The molecule has 1 saturated heterocycles. The zero-order valence-electron chi connectivity index (χ0n) is 9.47. The van der Waals surface area contributed by atoms with Gasteiger partial charge < -0.3 is 4.90 Å². The molecular formula is C12H24ClN. The first kappa shape index (κ1) is 12.3. The Bertz CT molecular complexity index is 138. The van der Waals surface area contributed by atoms with Crippen LogP contribution in [0.4, 0.5) is 0 Å². The molecule has 1 aliphatic rings. The highest BCUT2D eigenvalue weighted by Gasteiger charge is 2.21. The van der Waals surface area contributed by atoms with Crippen molar-refractivity contribution in [2.45, 2.75) is 57.9 Å². The summed E-state index contributed by atoms with van der Waals surface area (Å²) in [6.07, 6.45) is 9.42. The Hall–Kier alpha value is 0.250. The monoisotopic (exact) mass is 217 g/mol. The van der Waals surface area contributed by atoms with Crippen LogP contribution in [0.2, 0.25) is 0 Å². The highest BCUT2D eigenvalue weighted by Crippen LogP contribution is 2.20. The molecule has 0 saturated carbocycles. The quantitative estimate of drug-likeness (QED) is 0.465. The van der Waals surface area contributed by atoms with Gasteiger partial charge in [-0.3, -0.25) is 0 Å². The van der Waals surface area contributed by atoms with Gasteiger partial charge in [-0.15, -0.1) is 11.6 Å². The molecule has 1 unspecified atom stereocenters. The minimum Gasteiger partial charge on any atom is -0.300 e. The Morgan fingerprint density at radius 1 is 1.21 bits per heavy atom. The van der Waals surface area contributed by atoms with Crippen LogP contribution in [0.15, 0.2) is 0 Å². The van der Waals surface area contributed by atoms with Crippen molar-refractivity contribution in [1.29, 1.82) is 0 Å². The molecular weight excluding hydrogens is 194 g/mol. The van der Waals surface area contributed by atoms with Crippen LogP contribution < -0.4 is 0 Å². The second-order valence-corrected chi connectivity index (χ2v) is 4.72. The molecule has 1 atom stereocenters. The van der Waals surface area contributed by atoms with E-state index in [1.165, 1.54) is 58.0 Å². The summed E-state index contributed by atoms with van der Waals surface area (Å²) < 4.78 is 0. The first-order chi connectivity index (χ1) is 6.88. The highest BCUT2D eigenvalue weighted by atomic mass is 35.5. The molecule has 84 valence electrons. The van der Waals surface area contributed by atoms with E-state index in [1.807, 2.05) is 0 Å². The Morgan fingerprint density at radius 3 is 2.71 bits per heavy atom. The Morgan fingerprint density at radius 2 is 2.00 bits per heavy atom. The van der Waals surface area contributed by atoms with E-state index in [4.69, 9.17) is 11.6 Å². The third-order valence-corrected chi connectivity index (χ3v) is 3.57. The molecule has 0 amide bonds. The lowest BCUT2D eigenvalue weighted by Gasteiger charge is -2.22. The molecule has 14 heavy (non-hydrogen) atoms. The molecule has 0 aromatic carbocycles. The minimum absolute atomic E-state index is 0.835. The van der Waals surface area contributed by atoms with Crippen LogP contribution >= 0.6 is 11.6 Å². The Balaban J connectivity index is 2.00. The molecule has 0 aromatic rings. The summed E-state index contributed by atoms with van der Waals surface area (Å²) in [5.74, 6) is 0.835. The molecule has 0 bridgehead atoms. The summed E-state index contributed by atoms with van der Waals surface area (Å²) in [5.41, 5.74) is 0. The summed E-state index contributed by atoms with van der Waals surface area (Å²) in [5, 5.41) is 0. The topological polar surface area (TPSA) is 3.24 Å². The Kier molecular flexibility index (Phi) is 6.63. The van der Waals surface area contributed by atoms with Crippen molar-refractivity contribution in [2.75, 3.05) is 19.0 Å². The fraction of sp³-hybridized carbons (Fsp3) is 1.00. The van der Waals surface area contributed by atoms with Gasteiger partial charge >= 0.3 is 0 Å². The molecule has 1 aliphatic heterocycles. The van der Waals surface area contributed by atoms with Crippen molar-refractivity contribution >= 4 is 11.6 Å². The van der Waals surface area contributed by atoms with Gasteiger partial charge in [0.2, 0.25) is 0 Å². The maximum absolute atomic E-state index is 5.64. The average Bonchev–Trinajstić information content (AvgIpc) is 2.65. The van der Waals surface area contributed by atoms with Gasteiger partial charge in [0, 0.05) is 11.9 Å². The zero-order chi connectivity index (χ0) is 10.2. The highest BCUT2D eigenvalue weighted by molar-refractivity contribution is 6.17. The predicted molar refractivity (Wildman–Crippen MR) is 64.1 cm³/mol. The molecule has 0 spiro atoms. The van der Waals surface area contributed by atoms with Crippen LogP contribution in [0.5, 0.6) is 0 Å². The van der Waals surface area contributed by atoms with Crippen LogP contribution in [-0.4, -0.2) is 29.9 Å². The molecule has 1 heterocycles. The minimum atomic E-state index is 0.835. The molecule has 1 nitrogen and oxygen atoms in total. The van der Waals surface area contributed by atoms with Gasteiger partial charge in [0.25, 0.3) is 0 Å². The van der Waals surface area contributed by atoms with E-state index in [1.54, 1.807) is 0 Å². The van der Waals surface area contributed by atoms with Crippen LogP contribution in [0, 0.1) is 0 Å². The fourth-order valence-electron chi connectivity index (χ4n) is 2.41. The van der Waals surface area contributed by atoms with E-state index in [0.717, 1.165) is 11.9 Å². The van der Waals surface area contributed by atoms with Crippen LogP contribution in [0.25, 0.3) is 0 Å². The van der Waals surface area contributed by atoms with Crippen molar-refractivity contribution in [3.8, 4) is 0 Å². The number of likely N-dealkylation sites (tertiary alicyclic amines) is 1. The average molecular weight is 218 g/mol. The summed E-state index contributed by atoms with van der Waals surface area (Å²) in [7, 11) is 0. The number of nitrogens with zero attached hydrogens (tertiary/aromatic N) is 1. The van der Waals surface area contributed by atoms with Gasteiger partial charge in [0.05, 0.1) is 0 Å². The van der Waals surface area contributed by atoms with Gasteiger partial charge in [-0.05, 0) is 45.2 Å². The molecule has 0 radical (unpaired) electrons. The van der Waals surface area contributed by atoms with E-state index >= 15 is 0 Å². The molecule has 1 fully saturated rings. The first-order valence-corrected chi connectivity index (χ1v) is 6.72. The molecule has 0 aromatic heterocycles. The van der Waals surface area contributed by atoms with Gasteiger partial charge in [-0.1, -0.05) is 19.8 Å². The smallest absolute Gasteiger partial charge is 0.0223 e. The van der Waals surface area contributed by atoms with E-state index in [9.17, 15) is 0 Å². The summed E-state index contributed by atoms with van der Waals surface area (Å²) in [6.45, 7) is 4.98. The molecule has 2 heteroatoms. The van der Waals surface area contributed by atoms with Crippen molar-refractivity contribution < 1.29 is 0 Å². The van der Waals surface area contributed by atoms with Crippen LogP contribution in [-0.2, 0) is 0 Å². The van der Waals surface area contributed by atoms with Crippen LogP contribution in [0.3, 0.4) is 0 Å². The van der Waals surface area contributed by atoms with E-state index in [0.29, 0.717) is 0 Å². The number of unbranched alkanes of at least 4 members (excludes halogenated alkanes) is 3. The van der Waals surface area contributed by atoms with Gasteiger partial charge in [-0.25, -0.2) is 0 Å². The molecule has 0 N–H and O–H groups in total. The van der Waals surface area contributed by atoms with E-state index < -0.39 is 0 Å². The van der Waals surface area contributed by atoms with Crippen molar-refractivity contribution in [3.63, 3.8) is 0 Å². The largest absolute Gasteiger partial charge is 0.300 e. The van der Waals surface area contributed by atoms with Crippen molar-refractivity contribution in [1.82, 2.24) is 4.90 Å². The van der Waals surface area contributed by atoms with Crippen molar-refractivity contribution in [3.05, 3.63) is 0 Å². The fourth-order valence-corrected chi connectivity index (χ4v) is 2.60. The molecule has 1 rings (SSSR count). The van der Waals surface area contributed by atoms with Crippen LogP contribution in [0.1, 0.15) is 51.9 Å². The summed E-state index contributed by atoms with van der Waals surface area (Å²) >= 11 is 5.64. The standard InChI is InChI=1S/C12H24ClN/c1-2-12-8-7-11-14(12)10-6-4-3-5-9-13/h12H,2-11H2,1H3. The summed E-state index contributed by atoms with van der Waals surface area (Å²) in [6, 6.07) is 0.892. The predicted octanol–water partition coefficient (Wildman–Crippen LogP) is 3.66. The SMILES string of the molecule is CCC1CCCN1CCCCCCCl. The van der Waals surface area contributed by atoms with E-state index in [2.05, 4.69) is 11.8 Å². The lowest BCUT2D eigenvalue weighted by atomic mass is 10.1. The first-order valence-electron chi connectivity index (χ1n) is 6.18. The zero-order valence-corrected chi connectivity index (χ0v) is 10.2. The number of hydrogen-bond acceptors (Lipinski definition) is 1. The lowest BCUT2D eigenvalue weighted by molar-refractivity contribution is 0.243. The lowest BCUT2D eigenvalue weighted by Crippen LogP contribution is -2.29. The van der Waals surface area contributed by atoms with Crippen molar-refractivity contribution in [2.24, 2.45) is 0 Å². The maximum Gasteiger partial charge on any atom is 0.0223 e. The second-order valence-electron chi connectivity index (χ2n) is 4.34. The van der Waals surface area contributed by atoms with Gasteiger partial charge in [0.1, 0.15) is 0 Å². The normalized spacial score (nSPS) is 23.1. The number of alkyl halides is 1. The number of halogens is 1. The number of hydrogen-bond donors (Lipinski definition) is 0. The second kappa shape index (κ2) is 7.53. The van der Waals surface area contributed by atoms with Gasteiger partial charge in [-0.2, -0.15) is 0 Å². The van der Waals surface area contributed by atoms with Gasteiger partial charge in [0.15, 0.2) is 0 Å². The Labute approximate surface area is 93.8 Å². The third-order valence-electron chi connectivity index (χ3n) is 3.30. The molecule has 0 aliphatic carbocycles. The van der Waals surface area contributed by atoms with E-state index in [-0.39, 0.29) is 0 Å². The summed E-state index contributed by atoms with van der Waals surface area (Å²) in [4.78, 5) is 2.68. The third kappa shape index (κ3) is 4.18. The maximum atomic E-state index is 5.64. The number of rotatable bonds is 7.